The van der Waals surface area contributed by atoms with E-state index < -0.39 is 0 Å². The average Bonchev–Trinajstić information content (AvgIpc) is 3.93. The van der Waals surface area contributed by atoms with Crippen molar-refractivity contribution in [2.75, 3.05) is 4.90 Å². The highest BCUT2D eigenvalue weighted by molar-refractivity contribution is 6.15. The maximum Gasteiger partial charge on any atom is 0.143 e. The van der Waals surface area contributed by atoms with Gasteiger partial charge in [-0.05, 0) is 128 Å². The first-order valence-corrected chi connectivity index (χ1v) is 22.2. The van der Waals surface area contributed by atoms with Crippen molar-refractivity contribution >= 4 is 82.4 Å². The molecule has 11 aromatic carbocycles. The molecule has 0 bridgehead atoms. The second-order valence-electron chi connectivity index (χ2n) is 16.9. The van der Waals surface area contributed by atoms with Gasteiger partial charge in [0.25, 0.3) is 0 Å². The second kappa shape index (κ2) is 15.0. The SMILES string of the molecule is c1cc(-c2cccc3ccccc23)cc(N(c2ccc(-c3cccc(-n4c5ccccc5c5ccccc54)c3)cc2)c2ccc(-c3ccc4oc5c6ccccc6ccc5c4c3)cc2)c1. The summed E-state index contributed by atoms with van der Waals surface area (Å²) in [5.74, 6) is 0. The molecule has 65 heavy (non-hydrogen) atoms. The van der Waals surface area contributed by atoms with E-state index in [2.05, 4.69) is 252 Å². The molecule has 0 atom stereocenters. The number of para-hydroxylation sites is 2. The molecule has 2 aromatic heterocycles. The van der Waals surface area contributed by atoms with Gasteiger partial charge in [-0.3, -0.25) is 0 Å². The van der Waals surface area contributed by atoms with Gasteiger partial charge in [0.05, 0.1) is 11.0 Å². The fourth-order valence-electron chi connectivity index (χ4n) is 10.1. The summed E-state index contributed by atoms with van der Waals surface area (Å²) in [5.41, 5.74) is 15.6. The molecule has 0 aliphatic carbocycles. The molecule has 0 fully saturated rings. The molecule has 304 valence electrons. The van der Waals surface area contributed by atoms with Gasteiger partial charge in [0.2, 0.25) is 0 Å². The molecular weight excluding hydrogens is 789 g/mol. The molecule has 0 spiro atoms. The lowest BCUT2D eigenvalue weighted by atomic mass is 9.97. The summed E-state index contributed by atoms with van der Waals surface area (Å²) >= 11 is 0. The monoisotopic (exact) mass is 828 g/mol. The van der Waals surface area contributed by atoms with Crippen molar-refractivity contribution < 1.29 is 4.42 Å². The van der Waals surface area contributed by atoms with Crippen LogP contribution in [0.5, 0.6) is 0 Å². The average molecular weight is 829 g/mol. The van der Waals surface area contributed by atoms with E-state index in [1.807, 2.05) is 0 Å². The van der Waals surface area contributed by atoms with E-state index in [4.69, 9.17) is 4.42 Å². The van der Waals surface area contributed by atoms with E-state index in [1.165, 1.54) is 54.7 Å². The van der Waals surface area contributed by atoms with Crippen molar-refractivity contribution in [3.8, 4) is 39.1 Å². The molecule has 0 saturated heterocycles. The van der Waals surface area contributed by atoms with Crippen LogP contribution in [0.25, 0.3) is 104 Å². The summed E-state index contributed by atoms with van der Waals surface area (Å²) < 4.78 is 8.84. The maximum absolute atomic E-state index is 6.45. The number of rotatable bonds is 7. The van der Waals surface area contributed by atoms with Gasteiger partial charge in [-0.25, -0.2) is 0 Å². The van der Waals surface area contributed by atoms with E-state index in [0.29, 0.717) is 0 Å². The molecule has 0 N–H and O–H groups in total. The first kappa shape index (κ1) is 36.9. The Kier molecular flexibility index (Phi) is 8.53. The first-order chi connectivity index (χ1) is 32.2. The minimum atomic E-state index is 0.899. The maximum atomic E-state index is 6.45. The Balaban J connectivity index is 0.896. The van der Waals surface area contributed by atoms with Gasteiger partial charge in [-0.15, -0.1) is 0 Å². The van der Waals surface area contributed by atoms with E-state index >= 15 is 0 Å². The van der Waals surface area contributed by atoms with Gasteiger partial charge in [0.15, 0.2) is 0 Å². The predicted octanol–water partition coefficient (Wildman–Crippen LogP) is 17.5. The zero-order valence-electron chi connectivity index (χ0n) is 35.4. The number of benzene rings is 11. The number of hydrogen-bond donors (Lipinski definition) is 0. The van der Waals surface area contributed by atoms with E-state index in [1.54, 1.807) is 0 Å². The highest BCUT2D eigenvalue weighted by Crippen LogP contribution is 2.41. The van der Waals surface area contributed by atoms with Crippen LogP contribution < -0.4 is 4.90 Å². The number of nitrogens with zero attached hydrogens (tertiary/aromatic N) is 2. The minimum absolute atomic E-state index is 0.899. The fraction of sp³-hybridized carbons (Fsp3) is 0. The summed E-state index contributed by atoms with van der Waals surface area (Å²) in [4.78, 5) is 2.37. The van der Waals surface area contributed by atoms with E-state index in [9.17, 15) is 0 Å². The van der Waals surface area contributed by atoms with Gasteiger partial charge in [0.1, 0.15) is 11.2 Å². The van der Waals surface area contributed by atoms with Gasteiger partial charge >= 0.3 is 0 Å². The van der Waals surface area contributed by atoms with Crippen LogP contribution in [0.15, 0.2) is 247 Å². The molecule has 0 amide bonds. The third-order valence-corrected chi connectivity index (χ3v) is 13.2. The molecule has 3 heteroatoms. The normalized spacial score (nSPS) is 11.7. The number of anilines is 3. The van der Waals surface area contributed by atoms with E-state index in [0.717, 1.165) is 66.8 Å². The topological polar surface area (TPSA) is 21.3 Å². The summed E-state index contributed by atoms with van der Waals surface area (Å²) in [6, 6.07) is 87.7. The van der Waals surface area contributed by atoms with Crippen molar-refractivity contribution in [3.63, 3.8) is 0 Å². The molecule has 0 unspecified atom stereocenters. The minimum Gasteiger partial charge on any atom is -0.455 e. The third-order valence-electron chi connectivity index (χ3n) is 13.2. The molecule has 0 aliphatic heterocycles. The van der Waals surface area contributed by atoms with Crippen LogP contribution in [-0.2, 0) is 0 Å². The summed E-state index contributed by atoms with van der Waals surface area (Å²) in [7, 11) is 0. The van der Waals surface area contributed by atoms with E-state index in [-0.39, 0.29) is 0 Å². The van der Waals surface area contributed by atoms with Crippen molar-refractivity contribution in [2.45, 2.75) is 0 Å². The fourth-order valence-corrected chi connectivity index (χ4v) is 10.1. The Morgan fingerprint density at radius 2 is 0.862 bits per heavy atom. The van der Waals surface area contributed by atoms with Crippen LogP contribution in [0.2, 0.25) is 0 Å². The summed E-state index contributed by atoms with van der Waals surface area (Å²) in [6.07, 6.45) is 0. The molecule has 0 radical (unpaired) electrons. The van der Waals surface area contributed by atoms with Crippen LogP contribution in [0.3, 0.4) is 0 Å². The lowest BCUT2D eigenvalue weighted by molar-refractivity contribution is 0.672. The van der Waals surface area contributed by atoms with Crippen LogP contribution in [0.1, 0.15) is 0 Å². The van der Waals surface area contributed by atoms with Gasteiger partial charge in [-0.2, -0.15) is 0 Å². The Morgan fingerprint density at radius 1 is 0.308 bits per heavy atom. The standard InChI is InChI=1S/C62H40N2O/c1-3-19-52-43(12-1)14-11-23-53(52)47-16-10-17-50(39-47)63(49-34-28-42(29-35-49)46-31-37-61-58(40-46)57-36-30-44-13-2-4-20-54(44)62(57)65-61)48-32-26-41(27-33-48)45-15-9-18-51(38-45)64-59-24-7-5-21-55(59)56-22-6-8-25-60(56)64/h1-40H. The Bertz CT molecular complexity index is 3890. The smallest absolute Gasteiger partial charge is 0.143 e. The second-order valence-corrected chi connectivity index (χ2v) is 16.9. The van der Waals surface area contributed by atoms with Crippen molar-refractivity contribution in [2.24, 2.45) is 0 Å². The number of hydrogen-bond acceptors (Lipinski definition) is 2. The summed E-state index contributed by atoms with van der Waals surface area (Å²) in [5, 5.41) is 9.57. The molecular formula is C62H40N2O. The Hall–Kier alpha value is -8.66. The van der Waals surface area contributed by atoms with Crippen molar-refractivity contribution in [1.82, 2.24) is 4.57 Å². The number of aromatic nitrogens is 1. The van der Waals surface area contributed by atoms with Crippen LogP contribution in [0.4, 0.5) is 17.1 Å². The first-order valence-electron chi connectivity index (χ1n) is 22.2. The number of furan rings is 1. The highest BCUT2D eigenvalue weighted by Gasteiger charge is 2.17. The quantitative estimate of drug-likeness (QED) is 0.160. The lowest BCUT2D eigenvalue weighted by Crippen LogP contribution is -2.10. The predicted molar refractivity (Wildman–Crippen MR) is 274 cm³/mol. The van der Waals surface area contributed by atoms with Crippen molar-refractivity contribution in [3.05, 3.63) is 243 Å². The molecule has 0 aliphatic rings. The van der Waals surface area contributed by atoms with Crippen LogP contribution >= 0.6 is 0 Å². The molecule has 3 nitrogen and oxygen atoms in total. The summed E-state index contributed by atoms with van der Waals surface area (Å²) in [6.45, 7) is 0. The molecule has 13 aromatic rings. The van der Waals surface area contributed by atoms with Crippen LogP contribution in [-0.4, -0.2) is 4.57 Å². The van der Waals surface area contributed by atoms with Gasteiger partial charge in [0, 0.05) is 49.7 Å². The van der Waals surface area contributed by atoms with Gasteiger partial charge in [-0.1, -0.05) is 164 Å². The highest BCUT2D eigenvalue weighted by atomic mass is 16.3. The van der Waals surface area contributed by atoms with Gasteiger partial charge < -0.3 is 13.9 Å². The molecule has 0 saturated carbocycles. The Morgan fingerprint density at radius 3 is 1.58 bits per heavy atom. The number of fused-ring (bicyclic) bond motifs is 9. The lowest BCUT2D eigenvalue weighted by Gasteiger charge is -2.26. The largest absolute Gasteiger partial charge is 0.455 e. The Labute approximate surface area is 376 Å². The zero-order valence-corrected chi connectivity index (χ0v) is 35.4. The van der Waals surface area contributed by atoms with Crippen LogP contribution in [0, 0.1) is 0 Å². The molecule has 13 rings (SSSR count). The van der Waals surface area contributed by atoms with Crippen molar-refractivity contribution in [1.29, 1.82) is 0 Å². The zero-order chi connectivity index (χ0) is 42.8. The third kappa shape index (κ3) is 6.20. The molecule has 2 heterocycles.